The number of amides is 1. The Morgan fingerprint density at radius 2 is 2.14 bits per heavy atom. The summed E-state index contributed by atoms with van der Waals surface area (Å²) in [5, 5.41) is 15.4. The van der Waals surface area contributed by atoms with Gasteiger partial charge in [0.15, 0.2) is 5.13 Å². The van der Waals surface area contributed by atoms with E-state index in [1.165, 1.54) is 29.5 Å². The van der Waals surface area contributed by atoms with Crippen molar-refractivity contribution in [2.24, 2.45) is 0 Å². The van der Waals surface area contributed by atoms with Crippen LogP contribution in [-0.4, -0.2) is 15.8 Å². The molecule has 2 aromatic rings. The maximum atomic E-state index is 11.7. The van der Waals surface area contributed by atoms with E-state index in [4.69, 9.17) is 11.6 Å². The zero-order chi connectivity index (χ0) is 15.2. The number of aromatic nitrogens is 1. The fourth-order valence-electron chi connectivity index (χ4n) is 1.45. The molecular formula is C13H10ClN3O3S. The summed E-state index contributed by atoms with van der Waals surface area (Å²) in [5.74, 6) is -0.0332. The number of thiazole rings is 1. The van der Waals surface area contributed by atoms with Gasteiger partial charge in [0, 0.05) is 23.6 Å². The average Bonchev–Trinajstić information content (AvgIpc) is 2.93. The third-order valence-electron chi connectivity index (χ3n) is 2.45. The fourth-order valence-corrected chi connectivity index (χ4v) is 2.39. The lowest BCUT2D eigenvalue weighted by molar-refractivity contribution is -0.384. The Labute approximate surface area is 129 Å². The molecular weight excluding hydrogens is 314 g/mol. The number of nitrogens with zero attached hydrogens (tertiary/aromatic N) is 2. The van der Waals surface area contributed by atoms with Gasteiger partial charge < -0.3 is 0 Å². The standard InChI is InChI=1S/C13H10ClN3O3S/c14-7-10-8-21-13(15-10)16-12(18)6-3-9-1-4-11(5-2-9)17(19)20/h1-6,8H,7H2,(H,15,16,18)/b6-3+. The maximum absolute atomic E-state index is 11.7. The molecule has 0 bridgehead atoms. The topological polar surface area (TPSA) is 85.1 Å². The van der Waals surface area contributed by atoms with Gasteiger partial charge in [0.1, 0.15) is 0 Å². The number of alkyl halides is 1. The minimum Gasteiger partial charge on any atom is -0.298 e. The molecule has 0 radical (unpaired) electrons. The normalized spacial score (nSPS) is 10.7. The number of carbonyl (C=O) groups is 1. The van der Waals surface area contributed by atoms with Crippen molar-refractivity contribution in [3.05, 3.63) is 57.1 Å². The monoisotopic (exact) mass is 323 g/mol. The molecule has 0 aliphatic rings. The van der Waals surface area contributed by atoms with E-state index in [-0.39, 0.29) is 11.6 Å². The number of carbonyl (C=O) groups excluding carboxylic acids is 1. The molecule has 108 valence electrons. The number of hydrogen-bond donors (Lipinski definition) is 1. The fraction of sp³-hybridized carbons (Fsp3) is 0.0769. The summed E-state index contributed by atoms with van der Waals surface area (Å²) in [7, 11) is 0. The van der Waals surface area contributed by atoms with Crippen molar-refractivity contribution >= 4 is 45.7 Å². The Morgan fingerprint density at radius 3 is 2.71 bits per heavy atom. The van der Waals surface area contributed by atoms with Gasteiger partial charge in [-0.15, -0.1) is 22.9 Å². The molecule has 1 aromatic heterocycles. The first-order valence-electron chi connectivity index (χ1n) is 5.82. The lowest BCUT2D eigenvalue weighted by Crippen LogP contribution is -2.07. The molecule has 0 saturated carbocycles. The first kappa shape index (κ1) is 15.1. The molecule has 0 aliphatic heterocycles. The molecule has 0 aliphatic carbocycles. The zero-order valence-corrected chi connectivity index (χ0v) is 12.2. The Morgan fingerprint density at radius 1 is 1.43 bits per heavy atom. The highest BCUT2D eigenvalue weighted by Gasteiger charge is 2.04. The SMILES string of the molecule is O=C(/C=C/c1ccc([N+](=O)[O-])cc1)Nc1nc(CCl)cs1. The summed E-state index contributed by atoms with van der Waals surface area (Å²) in [5.41, 5.74) is 1.40. The van der Waals surface area contributed by atoms with Crippen LogP contribution in [0, 0.1) is 10.1 Å². The third kappa shape index (κ3) is 4.37. The van der Waals surface area contributed by atoms with Gasteiger partial charge in [0.05, 0.1) is 16.5 Å². The van der Waals surface area contributed by atoms with Crippen molar-refractivity contribution in [2.45, 2.75) is 5.88 Å². The lowest BCUT2D eigenvalue weighted by atomic mass is 10.2. The third-order valence-corrected chi connectivity index (χ3v) is 3.53. The van der Waals surface area contributed by atoms with E-state index in [0.29, 0.717) is 22.3 Å². The van der Waals surface area contributed by atoms with Crippen LogP contribution in [0.4, 0.5) is 10.8 Å². The van der Waals surface area contributed by atoms with Crippen molar-refractivity contribution < 1.29 is 9.72 Å². The molecule has 21 heavy (non-hydrogen) atoms. The quantitative estimate of drug-likeness (QED) is 0.395. The van der Waals surface area contributed by atoms with Crippen molar-refractivity contribution in [3.8, 4) is 0 Å². The number of rotatable bonds is 5. The number of nitrogens with one attached hydrogen (secondary N) is 1. The zero-order valence-electron chi connectivity index (χ0n) is 10.7. The van der Waals surface area contributed by atoms with E-state index < -0.39 is 4.92 Å². The summed E-state index contributed by atoms with van der Waals surface area (Å²) in [6, 6.07) is 5.89. The van der Waals surface area contributed by atoms with Crippen molar-refractivity contribution in [1.29, 1.82) is 0 Å². The van der Waals surface area contributed by atoms with E-state index in [0.717, 1.165) is 0 Å². The van der Waals surface area contributed by atoms with E-state index >= 15 is 0 Å². The highest BCUT2D eigenvalue weighted by Crippen LogP contribution is 2.17. The Kier molecular flexibility index (Phi) is 5.02. The number of nitro benzene ring substituents is 1. The van der Waals surface area contributed by atoms with Crippen molar-refractivity contribution in [3.63, 3.8) is 0 Å². The molecule has 1 N–H and O–H groups in total. The van der Waals surface area contributed by atoms with Crippen LogP contribution >= 0.6 is 22.9 Å². The summed E-state index contributed by atoms with van der Waals surface area (Å²) >= 11 is 6.92. The second kappa shape index (κ2) is 6.96. The second-order valence-corrected chi connectivity index (χ2v) is 5.07. The van der Waals surface area contributed by atoms with Crippen LogP contribution in [0.3, 0.4) is 0 Å². The predicted octanol–water partition coefficient (Wildman–Crippen LogP) is 3.44. The van der Waals surface area contributed by atoms with Gasteiger partial charge >= 0.3 is 0 Å². The molecule has 0 saturated heterocycles. The van der Waals surface area contributed by atoms with Gasteiger partial charge in [-0.25, -0.2) is 4.98 Å². The molecule has 0 atom stereocenters. The Balaban J connectivity index is 1.96. The smallest absolute Gasteiger partial charge is 0.269 e. The Bertz CT molecular complexity index is 682. The van der Waals surface area contributed by atoms with Crippen LogP contribution < -0.4 is 5.32 Å². The van der Waals surface area contributed by atoms with Gasteiger partial charge in [-0.1, -0.05) is 0 Å². The first-order chi connectivity index (χ1) is 10.1. The minimum atomic E-state index is -0.475. The van der Waals surface area contributed by atoms with Crippen LogP contribution in [-0.2, 0) is 10.7 Å². The minimum absolute atomic E-state index is 0.00740. The first-order valence-corrected chi connectivity index (χ1v) is 7.24. The number of hydrogen-bond acceptors (Lipinski definition) is 5. The van der Waals surface area contributed by atoms with Crippen LogP contribution in [0.1, 0.15) is 11.3 Å². The summed E-state index contributed by atoms with van der Waals surface area (Å²) < 4.78 is 0. The van der Waals surface area contributed by atoms with Crippen molar-refractivity contribution in [2.75, 3.05) is 5.32 Å². The molecule has 1 aromatic carbocycles. The van der Waals surface area contributed by atoms with Crippen molar-refractivity contribution in [1.82, 2.24) is 4.98 Å². The molecule has 6 nitrogen and oxygen atoms in total. The van der Waals surface area contributed by atoms with Crippen LogP contribution in [0.25, 0.3) is 6.08 Å². The van der Waals surface area contributed by atoms with Crippen LogP contribution in [0.5, 0.6) is 0 Å². The van der Waals surface area contributed by atoms with Crippen LogP contribution in [0.2, 0.25) is 0 Å². The van der Waals surface area contributed by atoms with Crippen LogP contribution in [0.15, 0.2) is 35.7 Å². The second-order valence-electron chi connectivity index (χ2n) is 3.95. The molecule has 8 heteroatoms. The number of halogens is 1. The average molecular weight is 324 g/mol. The van der Waals surface area contributed by atoms with E-state index in [1.807, 2.05) is 0 Å². The summed E-state index contributed by atoms with van der Waals surface area (Å²) in [6.45, 7) is 0. The number of nitro groups is 1. The van der Waals surface area contributed by atoms with E-state index in [2.05, 4.69) is 10.3 Å². The van der Waals surface area contributed by atoms with E-state index in [9.17, 15) is 14.9 Å². The molecule has 1 amide bonds. The number of benzene rings is 1. The van der Waals surface area contributed by atoms with Gasteiger partial charge in [0.2, 0.25) is 5.91 Å². The van der Waals surface area contributed by atoms with E-state index in [1.54, 1.807) is 23.6 Å². The number of non-ortho nitro benzene ring substituents is 1. The number of anilines is 1. The Hall–Kier alpha value is -2.25. The highest BCUT2D eigenvalue weighted by atomic mass is 35.5. The molecule has 0 fully saturated rings. The van der Waals surface area contributed by atoms with Gasteiger partial charge in [-0.3, -0.25) is 20.2 Å². The van der Waals surface area contributed by atoms with Gasteiger partial charge in [-0.2, -0.15) is 0 Å². The van der Waals surface area contributed by atoms with Gasteiger partial charge in [0.25, 0.3) is 5.69 Å². The predicted molar refractivity (Wildman–Crippen MR) is 82.4 cm³/mol. The molecule has 0 spiro atoms. The molecule has 1 heterocycles. The lowest BCUT2D eigenvalue weighted by Gasteiger charge is -1.96. The molecule has 0 unspecified atom stereocenters. The summed E-state index contributed by atoms with van der Waals surface area (Å²) in [4.78, 5) is 25.8. The highest BCUT2D eigenvalue weighted by molar-refractivity contribution is 7.14. The molecule has 2 rings (SSSR count). The van der Waals surface area contributed by atoms with Gasteiger partial charge in [-0.05, 0) is 23.8 Å². The largest absolute Gasteiger partial charge is 0.298 e. The summed E-state index contributed by atoms with van der Waals surface area (Å²) in [6.07, 6.45) is 2.90. The maximum Gasteiger partial charge on any atom is 0.269 e.